The molecule has 2 aromatic heterocycles. The fourth-order valence-electron chi connectivity index (χ4n) is 3.48. The molecule has 152 valence electrons. The molecule has 1 amide bonds. The number of carbonyl (C=O) groups excluding carboxylic acids is 2. The second kappa shape index (κ2) is 7.65. The fraction of sp³-hybridized carbons (Fsp3) is 0.261. The van der Waals surface area contributed by atoms with Crippen molar-refractivity contribution in [2.75, 3.05) is 20.2 Å². The normalized spacial score (nSPS) is 18.4. The van der Waals surface area contributed by atoms with Crippen LogP contribution < -0.4 is 0 Å². The number of hydrogen-bond acceptors (Lipinski definition) is 5. The van der Waals surface area contributed by atoms with Gasteiger partial charge in [0, 0.05) is 37.3 Å². The molecule has 1 aliphatic rings. The number of aromatic nitrogens is 2. The van der Waals surface area contributed by atoms with Crippen LogP contribution in [0.15, 0.2) is 48.7 Å². The summed E-state index contributed by atoms with van der Waals surface area (Å²) in [6.45, 7) is 2.48. The van der Waals surface area contributed by atoms with E-state index in [0.717, 1.165) is 11.1 Å². The summed E-state index contributed by atoms with van der Waals surface area (Å²) in [5, 5.41) is 10.5. The van der Waals surface area contributed by atoms with Gasteiger partial charge in [-0.25, -0.2) is 9.78 Å². The summed E-state index contributed by atoms with van der Waals surface area (Å²) >= 11 is 0. The van der Waals surface area contributed by atoms with E-state index in [-0.39, 0.29) is 24.8 Å². The van der Waals surface area contributed by atoms with Crippen molar-refractivity contribution < 1.29 is 19.4 Å². The van der Waals surface area contributed by atoms with Crippen molar-refractivity contribution in [1.82, 2.24) is 14.3 Å². The second-order valence-corrected chi connectivity index (χ2v) is 7.13. The van der Waals surface area contributed by atoms with E-state index in [2.05, 4.69) is 16.8 Å². The number of likely N-dealkylation sites (N-methyl/N-ethyl adjacent to an activating group) is 1. The zero-order valence-electron chi connectivity index (χ0n) is 16.8. The van der Waals surface area contributed by atoms with Gasteiger partial charge in [-0.05, 0) is 31.2 Å². The maximum atomic E-state index is 12.3. The molecule has 0 bridgehead atoms. The van der Waals surface area contributed by atoms with Crippen LogP contribution in [0.1, 0.15) is 29.5 Å². The molecule has 1 fully saturated rings. The number of benzene rings is 1. The Morgan fingerprint density at radius 3 is 2.87 bits per heavy atom. The maximum absolute atomic E-state index is 12.3. The third-order valence-corrected chi connectivity index (χ3v) is 5.07. The molecule has 1 saturated heterocycles. The number of aliphatic hydroxyl groups is 1. The van der Waals surface area contributed by atoms with Gasteiger partial charge in [0.1, 0.15) is 0 Å². The Kier molecular flexibility index (Phi) is 5.02. The largest absolute Gasteiger partial charge is 0.460 e. The van der Waals surface area contributed by atoms with Gasteiger partial charge in [0.15, 0.2) is 0 Å². The first-order valence-electron chi connectivity index (χ1n) is 9.69. The number of pyridine rings is 1. The number of rotatable bonds is 3. The molecule has 1 aliphatic heterocycles. The van der Waals surface area contributed by atoms with Crippen LogP contribution in [0.4, 0.5) is 0 Å². The Labute approximate surface area is 173 Å². The van der Waals surface area contributed by atoms with Crippen molar-refractivity contribution in [3.8, 4) is 23.1 Å². The first-order chi connectivity index (χ1) is 14.4. The van der Waals surface area contributed by atoms with Crippen LogP contribution in [-0.4, -0.2) is 57.1 Å². The highest BCUT2D eigenvalue weighted by atomic mass is 16.5. The minimum atomic E-state index is -1.65. The van der Waals surface area contributed by atoms with Gasteiger partial charge in [-0.15, -0.1) is 0 Å². The molecular formula is C23H21N3O4. The molecule has 0 unspecified atom stereocenters. The van der Waals surface area contributed by atoms with Crippen molar-refractivity contribution in [3.05, 3.63) is 60.0 Å². The van der Waals surface area contributed by atoms with Crippen molar-refractivity contribution in [1.29, 1.82) is 0 Å². The average molecular weight is 403 g/mol. The van der Waals surface area contributed by atoms with E-state index in [4.69, 9.17) is 4.74 Å². The monoisotopic (exact) mass is 403 g/mol. The predicted molar refractivity (Wildman–Crippen MR) is 111 cm³/mol. The molecule has 7 heteroatoms. The minimum Gasteiger partial charge on any atom is -0.460 e. The van der Waals surface area contributed by atoms with E-state index in [0.29, 0.717) is 17.8 Å². The summed E-state index contributed by atoms with van der Waals surface area (Å²) in [5.74, 6) is 4.96. The molecule has 3 aromatic rings. The van der Waals surface area contributed by atoms with E-state index < -0.39 is 11.6 Å². The van der Waals surface area contributed by atoms with Gasteiger partial charge in [0.05, 0.1) is 17.8 Å². The quantitative estimate of drug-likeness (QED) is 0.535. The molecule has 7 nitrogen and oxygen atoms in total. The maximum Gasteiger partial charge on any atom is 0.374 e. The number of ether oxygens (including phenoxy) is 1. The van der Waals surface area contributed by atoms with Gasteiger partial charge in [-0.2, -0.15) is 0 Å². The Morgan fingerprint density at radius 1 is 1.30 bits per heavy atom. The summed E-state index contributed by atoms with van der Waals surface area (Å²) in [5.41, 5.74) is 1.14. The highest BCUT2D eigenvalue weighted by molar-refractivity contribution is 5.91. The fourth-order valence-corrected chi connectivity index (χ4v) is 3.48. The Bertz CT molecular complexity index is 1200. The molecule has 1 aromatic carbocycles. The van der Waals surface area contributed by atoms with Crippen molar-refractivity contribution >= 4 is 17.4 Å². The van der Waals surface area contributed by atoms with Crippen molar-refractivity contribution in [2.45, 2.75) is 18.9 Å². The zero-order valence-corrected chi connectivity index (χ0v) is 16.8. The molecule has 30 heavy (non-hydrogen) atoms. The Balaban J connectivity index is 1.74. The van der Waals surface area contributed by atoms with E-state index in [9.17, 15) is 14.7 Å². The van der Waals surface area contributed by atoms with E-state index in [1.807, 2.05) is 36.4 Å². The molecule has 1 N–H and O–H groups in total. The van der Waals surface area contributed by atoms with Crippen LogP contribution in [0.2, 0.25) is 0 Å². The second-order valence-electron chi connectivity index (χ2n) is 7.13. The van der Waals surface area contributed by atoms with Crippen LogP contribution in [-0.2, 0) is 9.53 Å². The van der Waals surface area contributed by atoms with E-state index >= 15 is 0 Å². The summed E-state index contributed by atoms with van der Waals surface area (Å²) in [6.07, 6.45) is 2.04. The number of fused-ring (bicyclic) bond motifs is 1. The number of likely N-dealkylation sites (tertiary alicyclic amines) is 1. The van der Waals surface area contributed by atoms with E-state index in [1.54, 1.807) is 30.6 Å². The van der Waals surface area contributed by atoms with Crippen LogP contribution in [0.3, 0.4) is 0 Å². The van der Waals surface area contributed by atoms with Crippen LogP contribution in [0.5, 0.6) is 0 Å². The number of hydrogen-bond donors (Lipinski definition) is 1. The molecule has 1 atom stereocenters. The SMILES string of the molecule is CCOC(=O)c1nc(-c2cccc(C#C[C@]3(O)CCN(C)C3=O)c2)c2ccccn12. The Morgan fingerprint density at radius 2 is 2.13 bits per heavy atom. The van der Waals surface area contributed by atoms with Gasteiger partial charge in [0.25, 0.3) is 5.91 Å². The van der Waals surface area contributed by atoms with Crippen LogP contribution in [0.25, 0.3) is 16.8 Å². The molecule has 0 aliphatic carbocycles. The van der Waals surface area contributed by atoms with E-state index in [1.165, 1.54) is 4.90 Å². The third-order valence-electron chi connectivity index (χ3n) is 5.07. The molecule has 0 saturated carbocycles. The minimum absolute atomic E-state index is 0.202. The first-order valence-corrected chi connectivity index (χ1v) is 9.69. The summed E-state index contributed by atoms with van der Waals surface area (Å²) in [7, 11) is 1.65. The summed E-state index contributed by atoms with van der Waals surface area (Å²) in [6, 6.07) is 12.9. The lowest BCUT2D eigenvalue weighted by atomic mass is 10.0. The van der Waals surface area contributed by atoms with Gasteiger partial charge >= 0.3 is 5.97 Å². The number of carbonyl (C=O) groups is 2. The smallest absolute Gasteiger partial charge is 0.374 e. The van der Waals surface area contributed by atoms with Gasteiger partial charge in [0.2, 0.25) is 11.4 Å². The number of esters is 1. The molecule has 3 heterocycles. The summed E-state index contributed by atoms with van der Waals surface area (Å²) < 4.78 is 6.82. The number of amides is 1. The predicted octanol–water partition coefficient (Wildman–Crippen LogP) is 2.12. The third kappa shape index (κ3) is 3.42. The highest BCUT2D eigenvalue weighted by Crippen LogP contribution is 2.26. The summed E-state index contributed by atoms with van der Waals surface area (Å²) in [4.78, 5) is 30.4. The zero-order chi connectivity index (χ0) is 21.3. The molecule has 0 radical (unpaired) electrons. The van der Waals surface area contributed by atoms with Crippen molar-refractivity contribution in [3.63, 3.8) is 0 Å². The van der Waals surface area contributed by atoms with Gasteiger partial charge in [-0.3, -0.25) is 9.20 Å². The molecule has 4 rings (SSSR count). The van der Waals surface area contributed by atoms with Gasteiger partial charge in [-0.1, -0.05) is 30.0 Å². The lowest BCUT2D eigenvalue weighted by Gasteiger charge is -2.13. The number of nitrogens with zero attached hydrogens (tertiary/aromatic N) is 3. The average Bonchev–Trinajstić information content (AvgIpc) is 3.27. The molecule has 0 spiro atoms. The number of imidazole rings is 1. The molecular weight excluding hydrogens is 382 g/mol. The van der Waals surface area contributed by atoms with Gasteiger partial charge < -0.3 is 14.7 Å². The first kappa shape index (κ1) is 19.7. The van der Waals surface area contributed by atoms with Crippen molar-refractivity contribution in [2.24, 2.45) is 0 Å². The highest BCUT2D eigenvalue weighted by Gasteiger charge is 2.42. The Hall–Kier alpha value is -3.63. The lowest BCUT2D eigenvalue weighted by Crippen LogP contribution is -2.37. The lowest BCUT2D eigenvalue weighted by molar-refractivity contribution is -0.137. The van der Waals surface area contributed by atoms with Crippen LogP contribution in [0, 0.1) is 11.8 Å². The standard InChI is InChI=1S/C23H21N3O4/c1-3-30-21(27)20-24-19(18-9-4-5-13-26(18)20)17-8-6-7-16(15-17)10-11-23(29)12-14-25(2)22(23)28/h4-9,13,15,29H,3,12,14H2,1-2H3/t23-/m0/s1. The topological polar surface area (TPSA) is 84.1 Å². The van der Waals surface area contributed by atoms with Crippen LogP contribution >= 0.6 is 0 Å².